The fourth-order valence-corrected chi connectivity index (χ4v) is 2.19. The number of ether oxygens (including phenoxy) is 2. The lowest BCUT2D eigenvalue weighted by molar-refractivity contribution is -0.0471. The van der Waals surface area contributed by atoms with Gasteiger partial charge in [0.1, 0.15) is 0 Å². The summed E-state index contributed by atoms with van der Waals surface area (Å²) in [6.45, 7) is 7.76. The van der Waals surface area contributed by atoms with Crippen molar-refractivity contribution in [3.8, 4) is 0 Å². The molecule has 0 saturated carbocycles. The van der Waals surface area contributed by atoms with Gasteiger partial charge in [-0.2, -0.15) is 0 Å². The molecule has 0 aliphatic heterocycles. The van der Waals surface area contributed by atoms with Crippen LogP contribution in [0.3, 0.4) is 0 Å². The zero-order chi connectivity index (χ0) is 16.1. The fourth-order valence-electron chi connectivity index (χ4n) is 2.19. The molecule has 0 aromatic rings. The van der Waals surface area contributed by atoms with E-state index in [9.17, 15) is 9.90 Å². The van der Waals surface area contributed by atoms with E-state index in [-0.39, 0.29) is 18.8 Å². The third kappa shape index (κ3) is 9.88. The Morgan fingerprint density at radius 2 is 1.62 bits per heavy atom. The van der Waals surface area contributed by atoms with Crippen molar-refractivity contribution < 1.29 is 19.4 Å². The monoisotopic (exact) mass is 297 g/mol. The molecule has 0 bridgehead atoms. The van der Waals surface area contributed by atoms with Gasteiger partial charge in [-0.25, -0.2) is 9.79 Å². The summed E-state index contributed by atoms with van der Waals surface area (Å²) in [6.07, 6.45) is 9.27. The number of allylic oxidation sites excluding steroid dienone is 2. The molecule has 0 aliphatic rings. The first kappa shape index (κ1) is 19.4. The van der Waals surface area contributed by atoms with Gasteiger partial charge in [-0.1, -0.05) is 12.2 Å². The van der Waals surface area contributed by atoms with Crippen molar-refractivity contribution in [3.05, 3.63) is 24.7 Å². The molecular weight excluding hydrogens is 270 g/mol. The molecule has 0 radical (unpaired) electrons. The molecule has 5 nitrogen and oxygen atoms in total. The first-order chi connectivity index (χ1) is 9.97. The summed E-state index contributed by atoms with van der Waals surface area (Å²) >= 11 is 0. The van der Waals surface area contributed by atoms with Crippen LogP contribution in [0.25, 0.3) is 0 Å². The number of carbonyl (C=O) groups excluding carboxylic acids is 1. The molecular formula is C16H27NO4. The predicted molar refractivity (Wildman–Crippen MR) is 82.5 cm³/mol. The molecule has 2 atom stereocenters. The van der Waals surface area contributed by atoms with Crippen LogP contribution in [-0.2, 0) is 14.3 Å². The van der Waals surface area contributed by atoms with Gasteiger partial charge < -0.3 is 14.6 Å². The molecule has 2 unspecified atom stereocenters. The van der Waals surface area contributed by atoms with Gasteiger partial charge in [-0.3, -0.25) is 0 Å². The van der Waals surface area contributed by atoms with Gasteiger partial charge in [0.05, 0.1) is 36.9 Å². The van der Waals surface area contributed by atoms with E-state index >= 15 is 0 Å². The fraction of sp³-hybridized carbons (Fsp3) is 0.688. The maximum Gasteiger partial charge on any atom is 0.234 e. The molecule has 21 heavy (non-hydrogen) atoms. The average Bonchev–Trinajstić information content (AvgIpc) is 2.43. The quantitative estimate of drug-likeness (QED) is 0.361. The molecule has 0 spiro atoms. The molecule has 120 valence electrons. The molecule has 0 fully saturated rings. The Hall–Kier alpha value is -1.58. The first-order valence-corrected chi connectivity index (χ1v) is 7.26. The van der Waals surface area contributed by atoms with Crippen LogP contribution in [0.15, 0.2) is 29.7 Å². The lowest BCUT2D eigenvalue weighted by Gasteiger charge is -2.32. The molecule has 5 heteroatoms. The molecule has 0 aromatic heterocycles. The second-order valence-corrected chi connectivity index (χ2v) is 5.19. The smallest absolute Gasteiger partial charge is 0.234 e. The number of rotatable bonds is 11. The second kappa shape index (κ2) is 11.1. The van der Waals surface area contributed by atoms with Crippen LogP contribution < -0.4 is 0 Å². The number of aliphatic hydroxyl groups is 1. The van der Waals surface area contributed by atoms with Gasteiger partial charge in [-0.05, 0) is 34.1 Å². The van der Waals surface area contributed by atoms with E-state index in [2.05, 4.69) is 4.99 Å². The third-order valence-electron chi connectivity index (χ3n) is 2.98. The highest BCUT2D eigenvalue weighted by Crippen LogP contribution is 2.26. The highest BCUT2D eigenvalue weighted by atomic mass is 16.5. The number of aliphatic imine (C=N–C) groups is 1. The molecule has 0 rings (SSSR count). The van der Waals surface area contributed by atoms with Crippen LogP contribution in [0.4, 0.5) is 0 Å². The number of isocyanates is 1. The normalized spacial score (nSPS) is 17.2. The predicted octanol–water partition coefficient (Wildman–Crippen LogP) is 3.10. The molecule has 0 amide bonds. The summed E-state index contributed by atoms with van der Waals surface area (Å²) in [5.74, 6) is 0. The molecule has 0 aromatic carbocycles. The summed E-state index contributed by atoms with van der Waals surface area (Å²) in [5.41, 5.74) is -0.998. The van der Waals surface area contributed by atoms with E-state index in [0.29, 0.717) is 19.3 Å². The maximum absolute atomic E-state index is 10.8. The number of hydrogen-bond acceptors (Lipinski definition) is 5. The third-order valence-corrected chi connectivity index (χ3v) is 2.98. The van der Waals surface area contributed by atoms with Gasteiger partial charge >= 0.3 is 0 Å². The lowest BCUT2D eigenvalue weighted by Crippen LogP contribution is -2.37. The van der Waals surface area contributed by atoms with E-state index in [1.807, 2.05) is 27.7 Å². The molecule has 0 saturated heterocycles. The van der Waals surface area contributed by atoms with Crippen LogP contribution in [0.2, 0.25) is 0 Å². The Bertz CT molecular complexity index is 350. The minimum absolute atomic E-state index is 0.139. The minimum Gasteiger partial charge on any atom is -0.499 e. The van der Waals surface area contributed by atoms with Gasteiger partial charge in [-0.15, -0.1) is 0 Å². The van der Waals surface area contributed by atoms with E-state index in [4.69, 9.17) is 9.47 Å². The van der Waals surface area contributed by atoms with Crippen LogP contribution >= 0.6 is 0 Å². The molecule has 0 aliphatic carbocycles. The Labute approximate surface area is 127 Å². The van der Waals surface area contributed by atoms with Crippen LogP contribution in [0.1, 0.15) is 47.0 Å². The van der Waals surface area contributed by atoms with Crippen molar-refractivity contribution in [1.82, 2.24) is 0 Å². The topological polar surface area (TPSA) is 68.1 Å². The van der Waals surface area contributed by atoms with Crippen LogP contribution in [-0.4, -0.2) is 35.5 Å². The van der Waals surface area contributed by atoms with Gasteiger partial charge in [0.25, 0.3) is 0 Å². The summed E-state index contributed by atoms with van der Waals surface area (Å²) in [4.78, 5) is 13.7. The van der Waals surface area contributed by atoms with E-state index in [1.54, 1.807) is 24.7 Å². The zero-order valence-electron chi connectivity index (χ0n) is 13.4. The Balaban J connectivity index is 4.68. The molecule has 0 heterocycles. The summed E-state index contributed by atoms with van der Waals surface area (Å²) in [5, 5.41) is 10.8. The summed E-state index contributed by atoms with van der Waals surface area (Å²) in [7, 11) is 0. The van der Waals surface area contributed by atoms with Gasteiger partial charge in [0.15, 0.2) is 0 Å². The zero-order valence-corrected chi connectivity index (χ0v) is 13.4. The van der Waals surface area contributed by atoms with Crippen molar-refractivity contribution in [1.29, 1.82) is 0 Å². The Morgan fingerprint density at radius 1 is 1.14 bits per heavy atom. The SMILES string of the molecule is CC=COC(C)CC(O)(CCN=C=O)CC(C)OC=CC. The van der Waals surface area contributed by atoms with Gasteiger partial charge in [0, 0.05) is 12.8 Å². The van der Waals surface area contributed by atoms with Crippen LogP contribution in [0.5, 0.6) is 0 Å². The molecule has 1 N–H and O–H groups in total. The average molecular weight is 297 g/mol. The van der Waals surface area contributed by atoms with E-state index < -0.39 is 5.60 Å². The maximum atomic E-state index is 10.8. The first-order valence-electron chi connectivity index (χ1n) is 7.26. The van der Waals surface area contributed by atoms with Crippen molar-refractivity contribution in [2.75, 3.05) is 6.54 Å². The summed E-state index contributed by atoms with van der Waals surface area (Å²) < 4.78 is 10.9. The highest BCUT2D eigenvalue weighted by Gasteiger charge is 2.31. The number of nitrogens with zero attached hydrogens (tertiary/aromatic N) is 1. The van der Waals surface area contributed by atoms with Gasteiger partial charge in [0.2, 0.25) is 6.08 Å². The van der Waals surface area contributed by atoms with Crippen molar-refractivity contribution in [2.24, 2.45) is 4.99 Å². The Morgan fingerprint density at radius 3 is 2.00 bits per heavy atom. The summed E-state index contributed by atoms with van der Waals surface area (Å²) in [6, 6.07) is 0. The standard InChI is InChI=1S/C16H27NO4/c1-5-9-20-14(3)11-16(19,7-8-17-13-18)12-15(4)21-10-6-2/h5-6,9-10,14-15,19H,7-8,11-12H2,1-4H3. The minimum atomic E-state index is -0.998. The second-order valence-electron chi connectivity index (χ2n) is 5.19. The van der Waals surface area contributed by atoms with Crippen molar-refractivity contribution in [2.45, 2.75) is 64.8 Å². The van der Waals surface area contributed by atoms with Crippen LogP contribution in [0, 0.1) is 0 Å². The Kier molecular flexibility index (Phi) is 10.3. The van der Waals surface area contributed by atoms with E-state index in [0.717, 1.165) is 0 Å². The van der Waals surface area contributed by atoms with Crippen molar-refractivity contribution >= 4 is 6.08 Å². The van der Waals surface area contributed by atoms with E-state index in [1.165, 1.54) is 6.08 Å². The largest absolute Gasteiger partial charge is 0.499 e. The lowest BCUT2D eigenvalue weighted by atomic mass is 9.87. The van der Waals surface area contributed by atoms with Crippen molar-refractivity contribution in [3.63, 3.8) is 0 Å². The highest BCUT2D eigenvalue weighted by molar-refractivity contribution is 5.32. The number of hydrogen-bond donors (Lipinski definition) is 1.